The fourth-order valence-electron chi connectivity index (χ4n) is 2.24. The first-order valence-electron chi connectivity index (χ1n) is 6.12. The summed E-state index contributed by atoms with van der Waals surface area (Å²) in [6, 6.07) is 0. The third-order valence-electron chi connectivity index (χ3n) is 3.19. The Kier molecular flexibility index (Phi) is 5.95. The van der Waals surface area contributed by atoms with Gasteiger partial charge < -0.3 is 4.90 Å². The minimum absolute atomic E-state index is 0.140. The maximum atomic E-state index is 11.7. The normalized spacial score (nSPS) is 16.8. The molecule has 0 atom stereocenters. The fraction of sp³-hybridized carbons (Fsp3) is 0.769. The Hall–Kier alpha value is -1.01. The molecule has 0 aromatic carbocycles. The van der Waals surface area contributed by atoms with Gasteiger partial charge in [-0.25, -0.2) is 0 Å². The number of rotatable bonds is 5. The van der Waals surface area contributed by atoms with Crippen molar-refractivity contribution in [2.75, 3.05) is 26.7 Å². The predicted octanol–water partition coefficient (Wildman–Crippen LogP) is 1.25. The van der Waals surface area contributed by atoms with Gasteiger partial charge in [0.1, 0.15) is 0 Å². The van der Waals surface area contributed by atoms with Gasteiger partial charge in [-0.2, -0.15) is 0 Å². The van der Waals surface area contributed by atoms with E-state index in [4.69, 9.17) is 6.42 Å². The number of hydrogen-bond acceptors (Lipinski definition) is 2. The first-order chi connectivity index (χ1) is 7.74. The second-order valence-corrected chi connectivity index (χ2v) is 4.59. The minimum atomic E-state index is 0.140. The highest BCUT2D eigenvalue weighted by Crippen LogP contribution is 2.23. The molecule has 1 amide bonds. The van der Waals surface area contributed by atoms with Crippen molar-refractivity contribution < 1.29 is 4.79 Å². The maximum absolute atomic E-state index is 11.7. The van der Waals surface area contributed by atoms with Crippen LogP contribution in [0.3, 0.4) is 0 Å². The largest absolute Gasteiger partial charge is 0.344 e. The lowest BCUT2D eigenvalue weighted by atomic mass is 9.89. The van der Waals surface area contributed by atoms with Gasteiger partial charge in [0, 0.05) is 13.6 Å². The smallest absolute Gasteiger partial charge is 0.236 e. The molecule has 1 aliphatic rings. The molecule has 1 saturated carbocycles. The molecular formula is C13H22N2O. The summed E-state index contributed by atoms with van der Waals surface area (Å²) in [6.45, 7) is 1.72. The van der Waals surface area contributed by atoms with Crippen LogP contribution in [0.5, 0.6) is 0 Å². The van der Waals surface area contributed by atoms with E-state index in [0.717, 1.165) is 6.54 Å². The second-order valence-electron chi connectivity index (χ2n) is 4.59. The molecule has 1 N–H and O–H groups in total. The summed E-state index contributed by atoms with van der Waals surface area (Å²) in [5.74, 6) is 3.31. The van der Waals surface area contributed by atoms with Gasteiger partial charge in [0.25, 0.3) is 0 Å². The number of amides is 1. The van der Waals surface area contributed by atoms with Crippen LogP contribution in [0.25, 0.3) is 0 Å². The zero-order valence-corrected chi connectivity index (χ0v) is 10.2. The molecule has 3 nitrogen and oxygen atoms in total. The Bertz CT molecular complexity index is 251. The monoisotopic (exact) mass is 222 g/mol. The molecule has 0 unspecified atom stereocenters. The SMILES string of the molecule is C#CCNCC(=O)N(C)CC1CCCCC1. The van der Waals surface area contributed by atoms with Crippen molar-refractivity contribution in [3.63, 3.8) is 0 Å². The van der Waals surface area contributed by atoms with E-state index in [2.05, 4.69) is 11.2 Å². The summed E-state index contributed by atoms with van der Waals surface area (Å²) in [4.78, 5) is 13.5. The van der Waals surface area contributed by atoms with Crippen molar-refractivity contribution in [1.29, 1.82) is 0 Å². The van der Waals surface area contributed by atoms with E-state index in [1.54, 1.807) is 0 Å². The third-order valence-corrected chi connectivity index (χ3v) is 3.19. The van der Waals surface area contributed by atoms with Crippen LogP contribution in [0.1, 0.15) is 32.1 Å². The molecule has 1 rings (SSSR count). The molecule has 0 aromatic heterocycles. The minimum Gasteiger partial charge on any atom is -0.344 e. The van der Waals surface area contributed by atoms with E-state index in [9.17, 15) is 4.79 Å². The van der Waals surface area contributed by atoms with E-state index < -0.39 is 0 Å². The van der Waals surface area contributed by atoms with Crippen LogP contribution < -0.4 is 5.32 Å². The number of carbonyl (C=O) groups excluding carboxylic acids is 1. The molecule has 0 aliphatic heterocycles. The summed E-state index contributed by atoms with van der Waals surface area (Å²) < 4.78 is 0. The number of nitrogens with zero attached hydrogens (tertiary/aromatic N) is 1. The van der Waals surface area contributed by atoms with Crippen LogP contribution in [-0.4, -0.2) is 37.5 Å². The van der Waals surface area contributed by atoms with Crippen LogP contribution in [0.4, 0.5) is 0 Å². The molecular weight excluding hydrogens is 200 g/mol. The van der Waals surface area contributed by atoms with E-state index >= 15 is 0 Å². The van der Waals surface area contributed by atoms with Gasteiger partial charge in [0.05, 0.1) is 13.1 Å². The Morgan fingerprint density at radius 1 is 1.44 bits per heavy atom. The summed E-state index contributed by atoms with van der Waals surface area (Å²) in [6.07, 6.45) is 11.7. The van der Waals surface area contributed by atoms with Gasteiger partial charge in [0.2, 0.25) is 5.91 Å². The molecule has 3 heteroatoms. The quantitative estimate of drug-likeness (QED) is 0.561. The lowest BCUT2D eigenvalue weighted by molar-refractivity contribution is -0.129. The van der Waals surface area contributed by atoms with Crippen LogP contribution in [-0.2, 0) is 4.79 Å². The molecule has 90 valence electrons. The lowest BCUT2D eigenvalue weighted by Crippen LogP contribution is -2.38. The molecule has 1 aliphatic carbocycles. The highest BCUT2D eigenvalue weighted by atomic mass is 16.2. The molecule has 0 saturated heterocycles. The molecule has 0 radical (unpaired) electrons. The Morgan fingerprint density at radius 2 is 2.12 bits per heavy atom. The van der Waals surface area contributed by atoms with Gasteiger partial charge in [-0.05, 0) is 18.8 Å². The Morgan fingerprint density at radius 3 is 2.75 bits per heavy atom. The standard InChI is InChI=1S/C13H22N2O/c1-3-9-14-10-13(16)15(2)11-12-7-5-4-6-8-12/h1,12,14H,4-11H2,2H3. The van der Waals surface area contributed by atoms with Gasteiger partial charge >= 0.3 is 0 Å². The lowest BCUT2D eigenvalue weighted by Gasteiger charge is -2.27. The maximum Gasteiger partial charge on any atom is 0.236 e. The molecule has 1 fully saturated rings. The first kappa shape index (κ1) is 13.1. The molecule has 16 heavy (non-hydrogen) atoms. The van der Waals surface area contributed by atoms with Crippen LogP contribution in [0, 0.1) is 18.3 Å². The van der Waals surface area contributed by atoms with Crippen molar-refractivity contribution >= 4 is 5.91 Å². The topological polar surface area (TPSA) is 32.3 Å². The van der Waals surface area contributed by atoms with E-state index in [-0.39, 0.29) is 5.91 Å². The third kappa shape index (κ3) is 4.67. The number of carbonyl (C=O) groups is 1. The predicted molar refractivity (Wildman–Crippen MR) is 65.9 cm³/mol. The number of likely N-dealkylation sites (N-methyl/N-ethyl adjacent to an activating group) is 1. The average Bonchev–Trinajstić information content (AvgIpc) is 2.30. The van der Waals surface area contributed by atoms with Gasteiger partial charge in [-0.1, -0.05) is 25.2 Å². The molecule has 0 spiro atoms. The van der Waals surface area contributed by atoms with Crippen molar-refractivity contribution in [1.82, 2.24) is 10.2 Å². The van der Waals surface area contributed by atoms with Gasteiger partial charge in [-0.3, -0.25) is 10.1 Å². The highest BCUT2D eigenvalue weighted by molar-refractivity contribution is 5.77. The van der Waals surface area contributed by atoms with E-state index in [0.29, 0.717) is 19.0 Å². The highest BCUT2D eigenvalue weighted by Gasteiger charge is 2.17. The molecule has 0 aromatic rings. The zero-order chi connectivity index (χ0) is 11.8. The number of terminal acetylenes is 1. The van der Waals surface area contributed by atoms with Crippen molar-refractivity contribution in [2.24, 2.45) is 5.92 Å². The van der Waals surface area contributed by atoms with Gasteiger partial charge in [-0.15, -0.1) is 6.42 Å². The summed E-state index contributed by atoms with van der Waals surface area (Å²) in [7, 11) is 1.88. The summed E-state index contributed by atoms with van der Waals surface area (Å²) >= 11 is 0. The van der Waals surface area contributed by atoms with E-state index in [1.165, 1.54) is 32.1 Å². The van der Waals surface area contributed by atoms with Crippen LogP contribution in [0.15, 0.2) is 0 Å². The number of hydrogen-bond donors (Lipinski definition) is 1. The van der Waals surface area contributed by atoms with Crippen LogP contribution in [0.2, 0.25) is 0 Å². The van der Waals surface area contributed by atoms with Crippen molar-refractivity contribution in [3.05, 3.63) is 0 Å². The number of nitrogens with one attached hydrogen (secondary N) is 1. The van der Waals surface area contributed by atoms with Crippen molar-refractivity contribution in [3.8, 4) is 12.3 Å². The molecule has 0 bridgehead atoms. The fourth-order valence-corrected chi connectivity index (χ4v) is 2.24. The van der Waals surface area contributed by atoms with Crippen molar-refractivity contribution in [2.45, 2.75) is 32.1 Å². The summed E-state index contributed by atoms with van der Waals surface area (Å²) in [5.41, 5.74) is 0. The first-order valence-corrected chi connectivity index (χ1v) is 6.12. The van der Waals surface area contributed by atoms with Gasteiger partial charge in [0.15, 0.2) is 0 Å². The van der Waals surface area contributed by atoms with Crippen LogP contribution >= 0.6 is 0 Å². The van der Waals surface area contributed by atoms with E-state index in [1.807, 2.05) is 11.9 Å². The Labute approximate surface area is 98.6 Å². The molecule has 0 heterocycles. The Balaban J connectivity index is 2.19. The zero-order valence-electron chi connectivity index (χ0n) is 10.2. The summed E-state index contributed by atoms with van der Waals surface area (Å²) in [5, 5.41) is 2.93. The second kappa shape index (κ2) is 7.29. The average molecular weight is 222 g/mol.